The van der Waals surface area contributed by atoms with Crippen LogP contribution in [0.25, 0.3) is 0 Å². The standard InChI is InChI=1S/C11H18N4O/c1-10-7-12-15(8-10)6-5-14-4-3-13(2)9-11(14)16/h7-8H,3-6,9H2,1-2H3. The van der Waals surface area contributed by atoms with Gasteiger partial charge in [-0.25, -0.2) is 0 Å². The van der Waals surface area contributed by atoms with Crippen molar-refractivity contribution in [2.75, 3.05) is 33.2 Å². The van der Waals surface area contributed by atoms with Gasteiger partial charge < -0.3 is 4.90 Å². The maximum Gasteiger partial charge on any atom is 0.236 e. The lowest BCUT2D eigenvalue weighted by atomic mass is 10.3. The number of amides is 1. The average molecular weight is 222 g/mol. The zero-order chi connectivity index (χ0) is 11.5. The number of aromatic nitrogens is 2. The number of carbonyl (C=O) groups excluding carboxylic acids is 1. The van der Waals surface area contributed by atoms with Crippen molar-refractivity contribution in [1.82, 2.24) is 19.6 Å². The van der Waals surface area contributed by atoms with Gasteiger partial charge >= 0.3 is 0 Å². The van der Waals surface area contributed by atoms with Gasteiger partial charge in [0.25, 0.3) is 0 Å². The van der Waals surface area contributed by atoms with Crippen molar-refractivity contribution in [3.8, 4) is 0 Å². The Morgan fingerprint density at radius 3 is 2.81 bits per heavy atom. The van der Waals surface area contributed by atoms with E-state index in [1.807, 2.05) is 35.9 Å². The van der Waals surface area contributed by atoms with Crippen LogP contribution in [0.1, 0.15) is 5.56 Å². The molecule has 1 aromatic heterocycles. The van der Waals surface area contributed by atoms with Crippen LogP contribution in [0.15, 0.2) is 12.4 Å². The molecule has 1 aliphatic heterocycles. The summed E-state index contributed by atoms with van der Waals surface area (Å²) in [6.45, 7) is 5.89. The third-order valence-electron chi connectivity index (χ3n) is 2.87. The molecule has 0 saturated carbocycles. The van der Waals surface area contributed by atoms with Gasteiger partial charge in [0.05, 0.1) is 19.3 Å². The van der Waals surface area contributed by atoms with Crippen LogP contribution < -0.4 is 0 Å². The van der Waals surface area contributed by atoms with E-state index in [2.05, 4.69) is 10.00 Å². The molecule has 5 nitrogen and oxygen atoms in total. The molecule has 2 rings (SSSR count). The van der Waals surface area contributed by atoms with E-state index in [0.29, 0.717) is 6.54 Å². The van der Waals surface area contributed by atoms with Crippen LogP contribution in [-0.4, -0.2) is 58.7 Å². The van der Waals surface area contributed by atoms with Gasteiger partial charge in [-0.1, -0.05) is 0 Å². The third kappa shape index (κ3) is 2.61. The molecule has 0 N–H and O–H groups in total. The first kappa shape index (κ1) is 11.1. The van der Waals surface area contributed by atoms with E-state index >= 15 is 0 Å². The smallest absolute Gasteiger partial charge is 0.236 e. The summed E-state index contributed by atoms with van der Waals surface area (Å²) >= 11 is 0. The van der Waals surface area contributed by atoms with Crippen molar-refractivity contribution in [1.29, 1.82) is 0 Å². The Bertz CT molecular complexity index is 374. The van der Waals surface area contributed by atoms with Crippen LogP contribution >= 0.6 is 0 Å². The molecule has 0 aromatic carbocycles. The van der Waals surface area contributed by atoms with Gasteiger partial charge in [-0.2, -0.15) is 5.10 Å². The number of aryl methyl sites for hydroxylation is 1. The Hall–Kier alpha value is -1.36. The van der Waals surface area contributed by atoms with Crippen molar-refractivity contribution in [3.05, 3.63) is 18.0 Å². The van der Waals surface area contributed by atoms with Crippen LogP contribution in [0.2, 0.25) is 0 Å². The van der Waals surface area contributed by atoms with Crippen molar-refractivity contribution in [2.24, 2.45) is 0 Å². The summed E-state index contributed by atoms with van der Waals surface area (Å²) < 4.78 is 1.89. The van der Waals surface area contributed by atoms with Crippen LogP contribution in [0.5, 0.6) is 0 Å². The van der Waals surface area contributed by atoms with Gasteiger partial charge in [-0.05, 0) is 19.5 Å². The second-order valence-electron chi connectivity index (χ2n) is 4.40. The van der Waals surface area contributed by atoms with E-state index in [1.54, 1.807) is 0 Å². The van der Waals surface area contributed by atoms with Crippen molar-refractivity contribution < 1.29 is 4.79 Å². The molecular formula is C11H18N4O. The largest absolute Gasteiger partial charge is 0.338 e. The van der Waals surface area contributed by atoms with Gasteiger partial charge in [-0.15, -0.1) is 0 Å². The minimum absolute atomic E-state index is 0.220. The minimum atomic E-state index is 0.220. The highest BCUT2D eigenvalue weighted by atomic mass is 16.2. The molecule has 2 heterocycles. The molecule has 0 atom stereocenters. The van der Waals surface area contributed by atoms with Crippen LogP contribution in [0.4, 0.5) is 0 Å². The SMILES string of the molecule is Cc1cnn(CCN2CCN(C)CC2=O)c1. The predicted molar refractivity (Wildman–Crippen MR) is 61.0 cm³/mol. The van der Waals surface area contributed by atoms with Crippen LogP contribution in [-0.2, 0) is 11.3 Å². The molecule has 16 heavy (non-hydrogen) atoms. The molecule has 0 radical (unpaired) electrons. The van der Waals surface area contributed by atoms with Crippen LogP contribution in [0.3, 0.4) is 0 Å². The molecule has 1 aliphatic rings. The van der Waals surface area contributed by atoms with Crippen molar-refractivity contribution in [2.45, 2.75) is 13.5 Å². The van der Waals surface area contributed by atoms with E-state index < -0.39 is 0 Å². The van der Waals surface area contributed by atoms with Gasteiger partial charge in [0.1, 0.15) is 0 Å². The monoisotopic (exact) mass is 222 g/mol. The number of piperazine rings is 1. The van der Waals surface area contributed by atoms with E-state index in [-0.39, 0.29) is 5.91 Å². The highest BCUT2D eigenvalue weighted by Gasteiger charge is 2.20. The number of hydrogen-bond donors (Lipinski definition) is 0. The molecular weight excluding hydrogens is 204 g/mol. The van der Waals surface area contributed by atoms with Gasteiger partial charge in [0, 0.05) is 25.8 Å². The molecule has 0 spiro atoms. The van der Waals surface area contributed by atoms with Crippen molar-refractivity contribution >= 4 is 5.91 Å². The third-order valence-corrected chi connectivity index (χ3v) is 2.87. The van der Waals surface area contributed by atoms with E-state index in [0.717, 1.165) is 31.7 Å². The molecule has 0 unspecified atom stereocenters. The summed E-state index contributed by atoms with van der Waals surface area (Å²) in [7, 11) is 1.98. The lowest BCUT2D eigenvalue weighted by Crippen LogP contribution is -2.49. The fourth-order valence-electron chi connectivity index (χ4n) is 1.87. The summed E-state index contributed by atoms with van der Waals surface area (Å²) in [5.41, 5.74) is 1.16. The number of hydrogen-bond acceptors (Lipinski definition) is 3. The van der Waals surface area contributed by atoms with Crippen molar-refractivity contribution in [3.63, 3.8) is 0 Å². The van der Waals surface area contributed by atoms with E-state index in [1.165, 1.54) is 0 Å². The topological polar surface area (TPSA) is 41.4 Å². The van der Waals surface area contributed by atoms with Crippen LogP contribution in [0, 0.1) is 6.92 Å². The predicted octanol–water partition coefficient (Wildman–Crippen LogP) is -0.0345. The Morgan fingerprint density at radius 1 is 1.38 bits per heavy atom. The number of carbonyl (C=O) groups is 1. The molecule has 1 aromatic rings. The second kappa shape index (κ2) is 4.65. The maximum atomic E-state index is 11.7. The number of likely N-dealkylation sites (N-methyl/N-ethyl adjacent to an activating group) is 1. The quantitative estimate of drug-likeness (QED) is 0.721. The lowest BCUT2D eigenvalue weighted by molar-refractivity contribution is -0.135. The highest BCUT2D eigenvalue weighted by molar-refractivity contribution is 5.78. The van der Waals surface area contributed by atoms with E-state index in [4.69, 9.17) is 0 Å². The molecule has 5 heteroatoms. The normalized spacial score (nSPS) is 18.1. The molecule has 1 amide bonds. The fourth-order valence-corrected chi connectivity index (χ4v) is 1.87. The minimum Gasteiger partial charge on any atom is -0.338 e. The second-order valence-corrected chi connectivity index (χ2v) is 4.40. The molecule has 0 bridgehead atoms. The first-order valence-electron chi connectivity index (χ1n) is 5.60. The lowest BCUT2D eigenvalue weighted by Gasteiger charge is -2.32. The Balaban J connectivity index is 1.84. The molecule has 88 valence electrons. The number of nitrogens with zero attached hydrogens (tertiary/aromatic N) is 4. The Morgan fingerprint density at radius 2 is 2.19 bits per heavy atom. The Labute approximate surface area is 95.6 Å². The maximum absolute atomic E-state index is 11.7. The first-order valence-corrected chi connectivity index (χ1v) is 5.60. The van der Waals surface area contributed by atoms with E-state index in [9.17, 15) is 4.79 Å². The summed E-state index contributed by atoms with van der Waals surface area (Å²) in [5.74, 6) is 0.220. The number of rotatable bonds is 3. The Kier molecular flexibility index (Phi) is 3.24. The molecule has 1 saturated heterocycles. The molecule has 0 aliphatic carbocycles. The van der Waals surface area contributed by atoms with Gasteiger partial charge in [-0.3, -0.25) is 14.4 Å². The fraction of sp³-hybridized carbons (Fsp3) is 0.636. The van der Waals surface area contributed by atoms with Gasteiger partial charge in [0.15, 0.2) is 0 Å². The first-order chi connectivity index (χ1) is 7.65. The molecule has 1 fully saturated rings. The summed E-state index contributed by atoms with van der Waals surface area (Å²) in [6.07, 6.45) is 3.84. The zero-order valence-electron chi connectivity index (χ0n) is 9.89. The summed E-state index contributed by atoms with van der Waals surface area (Å²) in [6, 6.07) is 0. The highest BCUT2D eigenvalue weighted by Crippen LogP contribution is 2.02. The average Bonchev–Trinajstić information content (AvgIpc) is 2.63. The summed E-state index contributed by atoms with van der Waals surface area (Å²) in [4.78, 5) is 15.7. The zero-order valence-corrected chi connectivity index (χ0v) is 9.89. The van der Waals surface area contributed by atoms with Gasteiger partial charge in [0.2, 0.25) is 5.91 Å². The summed E-state index contributed by atoms with van der Waals surface area (Å²) in [5, 5.41) is 4.21.